The summed E-state index contributed by atoms with van der Waals surface area (Å²) >= 11 is 0. The van der Waals surface area contributed by atoms with E-state index in [2.05, 4.69) is 10.3 Å². The number of hydrogen-bond acceptors (Lipinski definition) is 4. The average molecular weight is 357 g/mol. The lowest BCUT2D eigenvalue weighted by atomic mass is 10.0. The molecule has 1 aliphatic heterocycles. The van der Waals surface area contributed by atoms with Crippen molar-refractivity contribution < 1.29 is 14.3 Å². The molecule has 5 nitrogen and oxygen atoms in total. The van der Waals surface area contributed by atoms with Crippen molar-refractivity contribution >= 4 is 5.91 Å². The van der Waals surface area contributed by atoms with E-state index in [9.17, 15) is 14.3 Å². The Balaban J connectivity index is 1.58. The van der Waals surface area contributed by atoms with Crippen molar-refractivity contribution in [3.8, 4) is 0 Å². The molecule has 2 aromatic rings. The van der Waals surface area contributed by atoms with Gasteiger partial charge in [0.15, 0.2) is 0 Å². The summed E-state index contributed by atoms with van der Waals surface area (Å²) in [5.41, 5.74) is 2.31. The number of aliphatic hydroxyl groups is 1. The van der Waals surface area contributed by atoms with Gasteiger partial charge in [0, 0.05) is 43.5 Å². The Morgan fingerprint density at radius 3 is 2.69 bits per heavy atom. The number of pyridine rings is 1. The van der Waals surface area contributed by atoms with Crippen molar-refractivity contribution in [1.29, 1.82) is 0 Å². The third-order valence-electron chi connectivity index (χ3n) is 4.81. The number of benzene rings is 1. The van der Waals surface area contributed by atoms with Crippen LogP contribution in [0.25, 0.3) is 0 Å². The fourth-order valence-corrected chi connectivity index (χ4v) is 3.41. The van der Waals surface area contributed by atoms with Gasteiger partial charge in [-0.1, -0.05) is 12.1 Å². The van der Waals surface area contributed by atoms with Crippen molar-refractivity contribution in [2.75, 3.05) is 14.1 Å². The second kappa shape index (κ2) is 7.93. The lowest BCUT2D eigenvalue weighted by Crippen LogP contribution is -2.35. The standard InChI is InChI=1S/C20H24FN3O2/c1-24(2)20(26)14-5-3-13(4-6-14)9-17-7-8-18(23-17)19(25)15-10-16(21)12-22-11-15/h3-6,10-12,17-19,23,25H,7-9H2,1-2H3/t17-,18+,19+/m0/s1. The zero-order valence-corrected chi connectivity index (χ0v) is 15.0. The topological polar surface area (TPSA) is 65.5 Å². The first-order chi connectivity index (χ1) is 12.4. The van der Waals surface area contributed by atoms with Gasteiger partial charge in [0.25, 0.3) is 5.91 Å². The highest BCUT2D eigenvalue weighted by Gasteiger charge is 2.30. The van der Waals surface area contributed by atoms with Gasteiger partial charge in [-0.3, -0.25) is 9.78 Å². The normalized spacial score (nSPS) is 20.8. The van der Waals surface area contributed by atoms with E-state index in [4.69, 9.17) is 0 Å². The Bertz CT molecular complexity index is 764. The summed E-state index contributed by atoms with van der Waals surface area (Å²) < 4.78 is 13.3. The number of hydrogen-bond donors (Lipinski definition) is 2. The molecule has 0 spiro atoms. The number of carbonyl (C=O) groups excluding carboxylic acids is 1. The summed E-state index contributed by atoms with van der Waals surface area (Å²) in [5, 5.41) is 13.9. The molecule has 3 atom stereocenters. The highest BCUT2D eigenvalue weighted by atomic mass is 19.1. The van der Waals surface area contributed by atoms with Crippen LogP contribution in [0, 0.1) is 5.82 Å². The van der Waals surface area contributed by atoms with Crippen LogP contribution in [0.15, 0.2) is 42.7 Å². The molecule has 6 heteroatoms. The molecule has 0 aliphatic carbocycles. The smallest absolute Gasteiger partial charge is 0.253 e. The molecule has 26 heavy (non-hydrogen) atoms. The number of halogens is 1. The Morgan fingerprint density at radius 1 is 1.31 bits per heavy atom. The molecule has 0 saturated carbocycles. The average Bonchev–Trinajstić information content (AvgIpc) is 3.09. The van der Waals surface area contributed by atoms with Gasteiger partial charge in [-0.2, -0.15) is 0 Å². The van der Waals surface area contributed by atoms with E-state index in [0.29, 0.717) is 11.1 Å². The Labute approximate surface area is 152 Å². The fraction of sp³-hybridized carbons (Fsp3) is 0.400. The van der Waals surface area contributed by atoms with Crippen LogP contribution in [0.4, 0.5) is 4.39 Å². The molecule has 1 aromatic carbocycles. The Hall–Kier alpha value is -2.31. The summed E-state index contributed by atoms with van der Waals surface area (Å²) in [6.45, 7) is 0. The maximum atomic E-state index is 13.3. The first-order valence-electron chi connectivity index (χ1n) is 8.79. The number of amides is 1. The second-order valence-corrected chi connectivity index (χ2v) is 7.03. The number of nitrogens with zero attached hydrogens (tertiary/aromatic N) is 2. The van der Waals surface area contributed by atoms with E-state index in [0.717, 1.165) is 31.0 Å². The van der Waals surface area contributed by atoms with Gasteiger partial charge in [-0.05, 0) is 43.0 Å². The zero-order chi connectivity index (χ0) is 18.7. The molecule has 3 rings (SSSR count). The van der Waals surface area contributed by atoms with Crippen molar-refractivity contribution in [2.24, 2.45) is 0 Å². The highest BCUT2D eigenvalue weighted by Crippen LogP contribution is 2.26. The Kier molecular flexibility index (Phi) is 5.64. The van der Waals surface area contributed by atoms with Gasteiger partial charge < -0.3 is 15.3 Å². The van der Waals surface area contributed by atoms with Crippen LogP contribution in [0.2, 0.25) is 0 Å². The molecule has 2 heterocycles. The van der Waals surface area contributed by atoms with Crippen LogP contribution in [-0.4, -0.2) is 47.1 Å². The molecular formula is C20H24FN3O2. The summed E-state index contributed by atoms with van der Waals surface area (Å²) in [6.07, 6.45) is 4.43. The SMILES string of the molecule is CN(C)C(=O)c1ccc(C[C@@H]2CC[C@H]([C@H](O)c3cncc(F)c3)N2)cc1. The summed E-state index contributed by atoms with van der Waals surface area (Å²) in [6, 6.07) is 9.09. The van der Waals surface area contributed by atoms with E-state index in [1.807, 2.05) is 24.3 Å². The van der Waals surface area contributed by atoms with Gasteiger partial charge >= 0.3 is 0 Å². The van der Waals surface area contributed by atoms with Gasteiger partial charge in [-0.25, -0.2) is 4.39 Å². The van der Waals surface area contributed by atoms with E-state index >= 15 is 0 Å². The van der Waals surface area contributed by atoms with Crippen LogP contribution in [0.3, 0.4) is 0 Å². The highest BCUT2D eigenvalue weighted by molar-refractivity contribution is 5.93. The van der Waals surface area contributed by atoms with E-state index in [1.165, 1.54) is 12.3 Å². The van der Waals surface area contributed by atoms with Gasteiger partial charge in [0.05, 0.1) is 12.3 Å². The monoisotopic (exact) mass is 357 g/mol. The van der Waals surface area contributed by atoms with Gasteiger partial charge in [0.1, 0.15) is 5.82 Å². The molecule has 1 amide bonds. The molecule has 138 valence electrons. The minimum Gasteiger partial charge on any atom is -0.387 e. The molecular weight excluding hydrogens is 333 g/mol. The number of carbonyl (C=O) groups is 1. The van der Waals surface area contributed by atoms with E-state index in [1.54, 1.807) is 19.0 Å². The summed E-state index contributed by atoms with van der Waals surface area (Å²) in [4.78, 5) is 17.3. The maximum Gasteiger partial charge on any atom is 0.253 e. The van der Waals surface area contributed by atoms with Crippen LogP contribution >= 0.6 is 0 Å². The molecule has 2 N–H and O–H groups in total. The third-order valence-corrected chi connectivity index (χ3v) is 4.81. The van der Waals surface area contributed by atoms with Gasteiger partial charge in [-0.15, -0.1) is 0 Å². The quantitative estimate of drug-likeness (QED) is 0.862. The molecule has 1 fully saturated rings. The van der Waals surface area contributed by atoms with Crippen LogP contribution in [0.5, 0.6) is 0 Å². The van der Waals surface area contributed by atoms with Crippen molar-refractivity contribution in [2.45, 2.75) is 37.5 Å². The molecule has 1 aromatic heterocycles. The fourth-order valence-electron chi connectivity index (χ4n) is 3.41. The number of aliphatic hydroxyl groups excluding tert-OH is 1. The lowest BCUT2D eigenvalue weighted by molar-refractivity contribution is 0.0827. The maximum absolute atomic E-state index is 13.3. The largest absolute Gasteiger partial charge is 0.387 e. The minimum absolute atomic E-state index is 0.0116. The van der Waals surface area contributed by atoms with Crippen molar-refractivity contribution in [3.05, 3.63) is 65.2 Å². The summed E-state index contributed by atoms with van der Waals surface area (Å²) in [7, 11) is 3.47. The zero-order valence-electron chi connectivity index (χ0n) is 15.0. The first-order valence-corrected chi connectivity index (χ1v) is 8.79. The van der Waals surface area contributed by atoms with Gasteiger partial charge in [0.2, 0.25) is 0 Å². The second-order valence-electron chi connectivity index (χ2n) is 7.03. The van der Waals surface area contributed by atoms with Crippen molar-refractivity contribution in [1.82, 2.24) is 15.2 Å². The lowest BCUT2D eigenvalue weighted by Gasteiger charge is -2.20. The first kappa shape index (κ1) is 18.5. The number of rotatable bonds is 5. The van der Waals surface area contributed by atoms with Crippen molar-refractivity contribution in [3.63, 3.8) is 0 Å². The van der Waals surface area contributed by atoms with Crippen LogP contribution in [-0.2, 0) is 6.42 Å². The molecule has 0 bridgehead atoms. The van der Waals surface area contributed by atoms with Crippen LogP contribution in [0.1, 0.15) is 40.4 Å². The van der Waals surface area contributed by atoms with E-state index < -0.39 is 11.9 Å². The predicted molar refractivity (Wildman–Crippen MR) is 97.3 cm³/mol. The Morgan fingerprint density at radius 2 is 2.04 bits per heavy atom. The number of nitrogens with one attached hydrogen (secondary N) is 1. The molecule has 0 radical (unpaired) electrons. The van der Waals surface area contributed by atoms with E-state index in [-0.39, 0.29) is 18.0 Å². The predicted octanol–water partition coefficient (Wildman–Crippen LogP) is 2.32. The molecule has 1 saturated heterocycles. The minimum atomic E-state index is -0.775. The number of aromatic nitrogens is 1. The third kappa shape index (κ3) is 4.26. The van der Waals surface area contributed by atoms with Crippen LogP contribution < -0.4 is 5.32 Å². The summed E-state index contributed by atoms with van der Waals surface area (Å²) in [5.74, 6) is -0.453. The molecule has 0 unspecified atom stereocenters. The molecule has 1 aliphatic rings.